The number of nitrogens with zero attached hydrogens (tertiary/aromatic N) is 7. The van der Waals surface area contributed by atoms with Gasteiger partial charge in [0.15, 0.2) is 0 Å². The monoisotopic (exact) mass is 352 g/mol. The number of halogens is 3. The third-order valence-electron chi connectivity index (χ3n) is 3.69. The Kier molecular flexibility index (Phi) is 3.85. The average Bonchev–Trinajstić information content (AvgIpc) is 3.11. The van der Waals surface area contributed by atoms with E-state index in [9.17, 15) is 13.2 Å². The molecule has 25 heavy (non-hydrogen) atoms. The van der Waals surface area contributed by atoms with Crippen LogP contribution in [0.15, 0.2) is 24.8 Å². The highest BCUT2D eigenvalue weighted by Crippen LogP contribution is 2.33. The van der Waals surface area contributed by atoms with E-state index in [1.807, 2.05) is 6.92 Å². The molecule has 0 radical (unpaired) electrons. The Morgan fingerprint density at radius 1 is 1.16 bits per heavy atom. The lowest BCUT2D eigenvalue weighted by Gasteiger charge is -2.18. The molecule has 2 N–H and O–H groups in total. The van der Waals surface area contributed by atoms with E-state index in [4.69, 9.17) is 5.73 Å². The predicted molar refractivity (Wildman–Crippen MR) is 84.6 cm³/mol. The lowest BCUT2D eigenvalue weighted by atomic mass is 10.3. The van der Waals surface area contributed by atoms with Gasteiger partial charge in [0, 0.05) is 20.3 Å². The molecule has 11 heteroatoms. The van der Waals surface area contributed by atoms with Crippen molar-refractivity contribution in [3.63, 3.8) is 0 Å². The van der Waals surface area contributed by atoms with Crippen molar-refractivity contribution in [2.24, 2.45) is 7.05 Å². The number of rotatable bonds is 3. The van der Waals surface area contributed by atoms with Crippen molar-refractivity contribution >= 4 is 17.5 Å². The first-order valence-electron chi connectivity index (χ1n) is 7.15. The van der Waals surface area contributed by atoms with Gasteiger partial charge in [-0.15, -0.1) is 0 Å². The van der Waals surface area contributed by atoms with E-state index >= 15 is 0 Å². The fourth-order valence-electron chi connectivity index (χ4n) is 2.38. The molecule has 0 fully saturated rings. The van der Waals surface area contributed by atoms with Gasteiger partial charge in [-0.25, -0.2) is 9.67 Å². The SMILES string of the molecule is Cc1c(N(C)c2ncc(C(F)(F)F)c(N)n2)cnn1-c1cnn(C)c1. The second kappa shape index (κ2) is 5.76. The number of hydrogen-bond donors (Lipinski definition) is 1. The van der Waals surface area contributed by atoms with Crippen LogP contribution in [0.25, 0.3) is 5.69 Å². The third-order valence-corrected chi connectivity index (χ3v) is 3.69. The highest BCUT2D eigenvalue weighted by Gasteiger charge is 2.34. The number of nitrogens with two attached hydrogens (primary N) is 1. The van der Waals surface area contributed by atoms with Crippen LogP contribution in [-0.4, -0.2) is 36.6 Å². The molecule has 0 amide bonds. The zero-order valence-electron chi connectivity index (χ0n) is 13.7. The fourth-order valence-corrected chi connectivity index (χ4v) is 2.38. The van der Waals surface area contributed by atoms with Crippen molar-refractivity contribution in [2.75, 3.05) is 17.7 Å². The van der Waals surface area contributed by atoms with Gasteiger partial charge in [-0.1, -0.05) is 0 Å². The molecule has 0 aliphatic heterocycles. The minimum atomic E-state index is -4.59. The summed E-state index contributed by atoms with van der Waals surface area (Å²) in [7, 11) is 3.41. The molecule has 0 unspecified atom stereocenters. The summed E-state index contributed by atoms with van der Waals surface area (Å²) < 4.78 is 41.6. The van der Waals surface area contributed by atoms with Gasteiger partial charge in [0.2, 0.25) is 5.95 Å². The van der Waals surface area contributed by atoms with Gasteiger partial charge >= 0.3 is 6.18 Å². The quantitative estimate of drug-likeness (QED) is 0.776. The van der Waals surface area contributed by atoms with Crippen molar-refractivity contribution < 1.29 is 13.2 Å². The van der Waals surface area contributed by atoms with Gasteiger partial charge < -0.3 is 10.6 Å². The van der Waals surface area contributed by atoms with Crippen LogP contribution in [0.1, 0.15) is 11.3 Å². The van der Waals surface area contributed by atoms with Crippen molar-refractivity contribution in [2.45, 2.75) is 13.1 Å². The van der Waals surface area contributed by atoms with E-state index in [1.54, 1.807) is 42.0 Å². The lowest BCUT2D eigenvalue weighted by Crippen LogP contribution is -2.18. The first-order chi connectivity index (χ1) is 11.7. The number of nitrogen functional groups attached to an aromatic ring is 1. The Morgan fingerprint density at radius 2 is 1.88 bits per heavy atom. The van der Waals surface area contributed by atoms with Gasteiger partial charge in [-0.3, -0.25) is 4.68 Å². The molecule has 132 valence electrons. The third kappa shape index (κ3) is 2.99. The molecule has 0 spiro atoms. The van der Waals surface area contributed by atoms with E-state index in [2.05, 4.69) is 20.2 Å². The number of aromatic nitrogens is 6. The highest BCUT2D eigenvalue weighted by atomic mass is 19.4. The smallest absolute Gasteiger partial charge is 0.383 e. The summed E-state index contributed by atoms with van der Waals surface area (Å²) in [6.45, 7) is 1.82. The van der Waals surface area contributed by atoms with E-state index in [0.29, 0.717) is 11.9 Å². The molecule has 3 heterocycles. The van der Waals surface area contributed by atoms with Crippen molar-refractivity contribution in [3.05, 3.63) is 36.0 Å². The second-order valence-electron chi connectivity index (χ2n) is 5.42. The normalized spacial score (nSPS) is 11.8. The molecule has 0 saturated carbocycles. The molecular formula is C14H15F3N8. The number of aryl methyl sites for hydroxylation is 1. The van der Waals surface area contributed by atoms with Gasteiger partial charge in [0.25, 0.3) is 0 Å². The zero-order valence-corrected chi connectivity index (χ0v) is 13.7. The van der Waals surface area contributed by atoms with E-state index in [0.717, 1.165) is 11.4 Å². The van der Waals surface area contributed by atoms with Crippen molar-refractivity contribution in [1.82, 2.24) is 29.5 Å². The van der Waals surface area contributed by atoms with Crippen LogP contribution in [-0.2, 0) is 13.2 Å². The van der Waals surface area contributed by atoms with Crippen LogP contribution in [0.4, 0.5) is 30.6 Å². The summed E-state index contributed by atoms with van der Waals surface area (Å²) >= 11 is 0. The predicted octanol–water partition coefficient (Wildman–Crippen LogP) is 2.07. The van der Waals surface area contributed by atoms with Gasteiger partial charge in [0.05, 0.1) is 30.0 Å². The second-order valence-corrected chi connectivity index (χ2v) is 5.42. The largest absolute Gasteiger partial charge is 0.421 e. The Morgan fingerprint density at radius 3 is 2.44 bits per heavy atom. The summed E-state index contributed by atoms with van der Waals surface area (Å²) in [5, 5.41) is 8.37. The summed E-state index contributed by atoms with van der Waals surface area (Å²) in [4.78, 5) is 9.05. The summed E-state index contributed by atoms with van der Waals surface area (Å²) in [5.74, 6) is -0.582. The van der Waals surface area contributed by atoms with Gasteiger partial charge in [-0.05, 0) is 6.92 Å². The Bertz CT molecular complexity index is 911. The number of anilines is 3. The first-order valence-corrected chi connectivity index (χ1v) is 7.15. The fraction of sp³-hybridized carbons (Fsp3) is 0.286. The Labute approximate surface area is 140 Å². The van der Waals surface area contributed by atoms with Crippen LogP contribution < -0.4 is 10.6 Å². The van der Waals surface area contributed by atoms with Crippen molar-refractivity contribution in [3.8, 4) is 5.69 Å². The van der Waals surface area contributed by atoms with Gasteiger partial charge in [0.1, 0.15) is 17.1 Å². The summed E-state index contributed by atoms with van der Waals surface area (Å²) in [6, 6.07) is 0. The standard InChI is InChI=1S/C14H15F3N8/c1-8-11(6-21-25(8)9-4-20-23(2)7-9)24(3)13-19-5-10(12(18)22-13)14(15,16)17/h4-7H,1-3H3,(H2,18,19,22). The van der Waals surface area contributed by atoms with E-state index < -0.39 is 17.6 Å². The zero-order chi connectivity index (χ0) is 18.4. The van der Waals surface area contributed by atoms with Crippen LogP contribution in [0.5, 0.6) is 0 Å². The molecule has 0 atom stereocenters. The van der Waals surface area contributed by atoms with E-state index in [1.165, 1.54) is 4.90 Å². The Hall–Kier alpha value is -3.11. The van der Waals surface area contributed by atoms with Crippen LogP contribution in [0.2, 0.25) is 0 Å². The lowest BCUT2D eigenvalue weighted by molar-refractivity contribution is -0.137. The molecule has 0 aromatic carbocycles. The van der Waals surface area contributed by atoms with Gasteiger partial charge in [-0.2, -0.15) is 28.4 Å². The molecule has 3 rings (SSSR count). The number of hydrogen-bond acceptors (Lipinski definition) is 6. The highest BCUT2D eigenvalue weighted by molar-refractivity contribution is 5.60. The van der Waals surface area contributed by atoms with E-state index in [-0.39, 0.29) is 5.95 Å². The molecule has 0 aliphatic rings. The van der Waals surface area contributed by atoms with Crippen LogP contribution in [0.3, 0.4) is 0 Å². The molecular weight excluding hydrogens is 337 g/mol. The molecule has 0 saturated heterocycles. The molecule has 0 bridgehead atoms. The van der Waals surface area contributed by atoms with Crippen LogP contribution >= 0.6 is 0 Å². The minimum absolute atomic E-state index is 0.0411. The maximum atomic E-state index is 12.8. The topological polar surface area (TPSA) is 90.7 Å². The average molecular weight is 352 g/mol. The maximum Gasteiger partial charge on any atom is 0.421 e. The minimum Gasteiger partial charge on any atom is -0.383 e. The maximum absolute atomic E-state index is 12.8. The first kappa shape index (κ1) is 16.7. The molecule has 0 aliphatic carbocycles. The summed E-state index contributed by atoms with van der Waals surface area (Å²) in [6.07, 6.45) is 1.09. The molecule has 3 aromatic rings. The summed E-state index contributed by atoms with van der Waals surface area (Å²) in [5.41, 5.74) is 6.50. The molecule has 8 nitrogen and oxygen atoms in total. The molecule has 3 aromatic heterocycles. The number of alkyl halides is 3. The Balaban J connectivity index is 1.95. The van der Waals surface area contributed by atoms with Crippen LogP contribution in [0, 0.1) is 6.92 Å². The van der Waals surface area contributed by atoms with Crippen molar-refractivity contribution in [1.29, 1.82) is 0 Å².